The lowest BCUT2D eigenvalue weighted by molar-refractivity contribution is -0.870. The number of phosphoric acid groups is 1. The van der Waals surface area contributed by atoms with Gasteiger partial charge in [0.1, 0.15) is 19.3 Å². The van der Waals surface area contributed by atoms with E-state index in [1.807, 2.05) is 27.2 Å². The van der Waals surface area contributed by atoms with Crippen LogP contribution in [0.3, 0.4) is 0 Å². The molecule has 10 heteroatoms. The van der Waals surface area contributed by atoms with Gasteiger partial charge in [0.05, 0.1) is 33.8 Å². The topological polar surface area (TPSA) is 114 Å². The van der Waals surface area contributed by atoms with Gasteiger partial charge in [-0.2, -0.15) is 0 Å². The van der Waals surface area contributed by atoms with Crippen LogP contribution in [-0.2, 0) is 27.9 Å². The molecule has 0 spiro atoms. The fourth-order valence-electron chi connectivity index (χ4n) is 7.49. The Morgan fingerprint density at radius 3 is 1.36 bits per heavy atom. The van der Waals surface area contributed by atoms with E-state index in [0.717, 1.165) is 103 Å². The van der Waals surface area contributed by atoms with Crippen LogP contribution in [0.25, 0.3) is 0 Å². The number of carbonyl (C=O) groups is 2. The minimum atomic E-state index is -4.72. The minimum absolute atomic E-state index is 0.0400. The Kier molecular flexibility index (Phi) is 48.8. The summed E-state index contributed by atoms with van der Waals surface area (Å²) in [6.07, 6.45) is 69.1. The smallest absolute Gasteiger partial charge is 0.306 e. The molecular weight excluding hydrogens is 916 g/mol. The quantitative estimate of drug-likeness (QED) is 0.0212. The lowest BCUT2D eigenvalue weighted by Gasteiger charge is -2.30. The number of carbonyl (C=O) groups excluding carboxylic acids is 2. The normalized spacial score (nSPS) is 14.6. The molecule has 0 aromatic rings. The van der Waals surface area contributed by atoms with E-state index in [-0.39, 0.29) is 31.3 Å². The van der Waals surface area contributed by atoms with E-state index in [1.54, 1.807) is 6.08 Å². The predicted molar refractivity (Wildman–Crippen MR) is 307 cm³/mol. The van der Waals surface area contributed by atoms with E-state index in [1.165, 1.54) is 70.6 Å². The van der Waals surface area contributed by atoms with E-state index < -0.39 is 26.6 Å². The predicted octanol–water partition coefficient (Wildman–Crippen LogP) is 16.7. The van der Waals surface area contributed by atoms with Crippen molar-refractivity contribution in [1.82, 2.24) is 5.32 Å². The first-order valence-corrected chi connectivity index (χ1v) is 30.2. The van der Waals surface area contributed by atoms with Gasteiger partial charge in [0, 0.05) is 12.8 Å². The number of esters is 1. The average molecular weight is 1020 g/mol. The van der Waals surface area contributed by atoms with Crippen molar-refractivity contribution < 1.29 is 37.3 Å². The molecule has 0 bridgehead atoms. The molecule has 3 atom stereocenters. The number of ether oxygens (including phenoxy) is 1. The summed E-state index contributed by atoms with van der Waals surface area (Å²) >= 11 is 0. The van der Waals surface area contributed by atoms with E-state index >= 15 is 0 Å². The largest absolute Gasteiger partial charge is 0.756 e. The van der Waals surface area contributed by atoms with Crippen molar-refractivity contribution in [2.75, 3.05) is 40.9 Å². The second-order valence-corrected chi connectivity index (χ2v) is 21.5. The first-order chi connectivity index (χ1) is 34.9. The van der Waals surface area contributed by atoms with Crippen LogP contribution < -0.4 is 10.2 Å². The van der Waals surface area contributed by atoms with Gasteiger partial charge in [0.15, 0.2) is 0 Å². The molecule has 0 rings (SSSR count). The highest BCUT2D eigenvalue weighted by molar-refractivity contribution is 7.45. The molecule has 0 saturated heterocycles. The monoisotopic (exact) mass is 1020 g/mol. The standard InChI is InChI=1S/C62H107N2O7P/c1-7-10-13-16-19-22-25-27-29-31-32-33-35-37-40-43-46-49-52-55-62(66)71-60(53-50-47-44-41-38-24-21-18-15-12-9-3)59(58-70-72(67,68)69-57-56-64(4,5)6)63-61(65)54-51-48-45-42-39-36-34-30-28-26-23-20-17-14-11-8-2/h11,14,19-20,22-23,27-30,32-33,36-37,39-40,50,53,59-60H,7-10,12-13,15-18,21,24-26,31,34-35,38,41-49,51-52,54-58H2,1-6H3,(H-,63,65,67,68)/b14-11+,22-19-,23-20+,29-27-,30-28+,33-32-,39-36+,40-37-,53-50+. The number of phosphoric ester groups is 1. The summed E-state index contributed by atoms with van der Waals surface area (Å²) in [5.41, 5.74) is 0. The van der Waals surface area contributed by atoms with Gasteiger partial charge in [-0.15, -0.1) is 0 Å². The Morgan fingerprint density at radius 2 is 0.889 bits per heavy atom. The van der Waals surface area contributed by atoms with Gasteiger partial charge in [0.2, 0.25) is 5.91 Å². The molecule has 0 aliphatic heterocycles. The van der Waals surface area contributed by atoms with Gasteiger partial charge >= 0.3 is 5.97 Å². The maximum absolute atomic E-state index is 13.5. The number of allylic oxidation sites excluding steroid dienone is 17. The van der Waals surface area contributed by atoms with Crippen molar-refractivity contribution in [3.05, 3.63) is 109 Å². The van der Waals surface area contributed by atoms with Gasteiger partial charge < -0.3 is 28.5 Å². The highest BCUT2D eigenvalue weighted by Crippen LogP contribution is 2.38. The molecule has 0 radical (unpaired) electrons. The number of hydrogen-bond acceptors (Lipinski definition) is 7. The van der Waals surface area contributed by atoms with Gasteiger partial charge in [-0.05, 0) is 115 Å². The number of quaternary nitrogens is 1. The van der Waals surface area contributed by atoms with Crippen LogP contribution in [-0.4, -0.2) is 69.4 Å². The zero-order chi connectivity index (χ0) is 52.9. The molecule has 0 aliphatic rings. The van der Waals surface area contributed by atoms with Crippen molar-refractivity contribution in [3.8, 4) is 0 Å². The lowest BCUT2D eigenvalue weighted by atomic mass is 10.1. The van der Waals surface area contributed by atoms with Gasteiger partial charge in [-0.1, -0.05) is 201 Å². The molecule has 0 heterocycles. The van der Waals surface area contributed by atoms with Gasteiger partial charge in [-0.3, -0.25) is 14.2 Å². The Bertz CT molecular complexity index is 1600. The van der Waals surface area contributed by atoms with E-state index in [2.05, 4.69) is 123 Å². The first kappa shape index (κ1) is 68.7. The summed E-state index contributed by atoms with van der Waals surface area (Å²) in [6.45, 7) is 6.62. The van der Waals surface area contributed by atoms with Crippen molar-refractivity contribution in [1.29, 1.82) is 0 Å². The van der Waals surface area contributed by atoms with E-state index in [4.69, 9.17) is 13.8 Å². The Balaban J connectivity index is 5.44. The van der Waals surface area contributed by atoms with Crippen molar-refractivity contribution >= 4 is 19.7 Å². The average Bonchev–Trinajstić information content (AvgIpc) is 3.34. The molecule has 0 saturated carbocycles. The van der Waals surface area contributed by atoms with Crippen LogP contribution in [0, 0.1) is 0 Å². The molecular formula is C62H107N2O7P. The maximum atomic E-state index is 13.5. The molecule has 3 unspecified atom stereocenters. The van der Waals surface area contributed by atoms with Crippen LogP contribution in [0.4, 0.5) is 0 Å². The molecule has 0 aromatic heterocycles. The fourth-order valence-corrected chi connectivity index (χ4v) is 8.22. The lowest BCUT2D eigenvalue weighted by Crippen LogP contribution is -2.47. The van der Waals surface area contributed by atoms with E-state index in [0.29, 0.717) is 23.9 Å². The number of hydrogen-bond donors (Lipinski definition) is 1. The number of unbranched alkanes of at least 4 members (excludes halogenated alkanes) is 18. The van der Waals surface area contributed by atoms with Crippen LogP contribution in [0.5, 0.6) is 0 Å². The number of nitrogens with zero attached hydrogens (tertiary/aromatic N) is 1. The Morgan fingerprint density at radius 1 is 0.500 bits per heavy atom. The number of likely N-dealkylation sites (N-methyl/N-ethyl adjacent to an activating group) is 1. The summed E-state index contributed by atoms with van der Waals surface area (Å²) in [4.78, 5) is 39.8. The summed E-state index contributed by atoms with van der Waals surface area (Å²) < 4.78 is 30.2. The third-order valence-corrected chi connectivity index (χ3v) is 12.9. The summed E-state index contributed by atoms with van der Waals surface area (Å²) in [5, 5.41) is 2.99. The van der Waals surface area contributed by atoms with Crippen molar-refractivity contribution in [2.24, 2.45) is 0 Å². The van der Waals surface area contributed by atoms with Gasteiger partial charge in [0.25, 0.3) is 7.82 Å². The number of amides is 1. The van der Waals surface area contributed by atoms with Crippen molar-refractivity contribution in [3.63, 3.8) is 0 Å². The third kappa shape index (κ3) is 51.6. The molecule has 0 aliphatic carbocycles. The highest BCUT2D eigenvalue weighted by atomic mass is 31.2. The second-order valence-electron chi connectivity index (χ2n) is 20.1. The first-order valence-electron chi connectivity index (χ1n) is 28.7. The maximum Gasteiger partial charge on any atom is 0.306 e. The molecule has 1 N–H and O–H groups in total. The van der Waals surface area contributed by atoms with Crippen LogP contribution in [0.15, 0.2) is 109 Å². The summed E-state index contributed by atoms with van der Waals surface area (Å²) in [7, 11) is 1.13. The molecule has 0 fully saturated rings. The van der Waals surface area contributed by atoms with E-state index in [9.17, 15) is 19.0 Å². The molecule has 0 aromatic carbocycles. The Hall–Kier alpha value is -3.33. The highest BCUT2D eigenvalue weighted by Gasteiger charge is 2.27. The van der Waals surface area contributed by atoms with Crippen LogP contribution in [0.2, 0.25) is 0 Å². The molecule has 72 heavy (non-hydrogen) atoms. The fraction of sp³-hybridized carbons (Fsp3) is 0.677. The minimum Gasteiger partial charge on any atom is -0.756 e. The zero-order valence-corrected chi connectivity index (χ0v) is 47.7. The third-order valence-electron chi connectivity index (χ3n) is 11.9. The van der Waals surface area contributed by atoms with Crippen LogP contribution >= 0.6 is 7.82 Å². The Labute approximate surface area is 442 Å². The van der Waals surface area contributed by atoms with Gasteiger partial charge in [-0.25, -0.2) is 0 Å². The molecule has 412 valence electrons. The second kappa shape index (κ2) is 51.2. The summed E-state index contributed by atoms with van der Waals surface area (Å²) in [6, 6.07) is -0.924. The number of rotatable bonds is 50. The zero-order valence-electron chi connectivity index (χ0n) is 46.8. The van der Waals surface area contributed by atoms with Crippen molar-refractivity contribution in [2.45, 2.75) is 232 Å². The summed E-state index contributed by atoms with van der Waals surface area (Å²) in [5.74, 6) is -0.623. The van der Waals surface area contributed by atoms with Crippen LogP contribution in [0.1, 0.15) is 220 Å². The molecule has 9 nitrogen and oxygen atoms in total. The number of nitrogens with one attached hydrogen (secondary N) is 1. The molecule has 1 amide bonds. The SMILES string of the molecule is CC/C=C/C/C=C/C/C=C/C/C=C/CCCCCC(=O)NC(COP(=O)([O-])OCC[N+](C)(C)C)C(/C=C/CCCCCCCCCCC)OC(=O)CCCCC/C=C\C/C=C\C/C=C\C/C=C\CCCCC.